The Balaban J connectivity index is 2.07. The molecular weight excluding hydrogens is 292 g/mol. The third-order valence-corrected chi connectivity index (χ3v) is 5.10. The summed E-state index contributed by atoms with van der Waals surface area (Å²) in [5.74, 6) is 0. The molecule has 2 nitrogen and oxygen atoms in total. The molecule has 1 aromatic heterocycles. The largest absolute Gasteiger partial charge is 0.256 e. The predicted molar refractivity (Wildman–Crippen MR) is 98.2 cm³/mol. The first-order valence-corrected chi connectivity index (χ1v) is 8.12. The van der Waals surface area contributed by atoms with E-state index in [2.05, 4.69) is 60.9 Å². The quantitative estimate of drug-likeness (QED) is 0.510. The van der Waals surface area contributed by atoms with E-state index in [-0.39, 0.29) is 5.41 Å². The molecule has 0 fully saturated rings. The number of pyridine rings is 1. The summed E-state index contributed by atoms with van der Waals surface area (Å²) >= 11 is 0. The molecule has 0 unspecified atom stereocenters. The van der Waals surface area contributed by atoms with Crippen molar-refractivity contribution in [1.29, 1.82) is 0 Å². The molecule has 0 bridgehead atoms. The Morgan fingerprint density at radius 3 is 2.33 bits per heavy atom. The van der Waals surface area contributed by atoms with Crippen molar-refractivity contribution in [2.45, 2.75) is 26.2 Å². The van der Waals surface area contributed by atoms with Crippen LogP contribution in [0.15, 0.2) is 54.7 Å². The molecule has 2 heteroatoms. The number of nitrogens with zero attached hydrogens (tertiary/aromatic N) is 2. The highest BCUT2D eigenvalue weighted by molar-refractivity contribution is 5.89. The number of fused-ring (bicyclic) bond motifs is 3. The van der Waals surface area contributed by atoms with Gasteiger partial charge in [0.2, 0.25) is 0 Å². The molecule has 0 radical (unpaired) electrons. The second-order valence-electron chi connectivity index (χ2n) is 6.81. The normalized spacial score (nSPS) is 13.9. The Bertz CT molecular complexity index is 992. The van der Waals surface area contributed by atoms with Crippen LogP contribution < -0.4 is 0 Å². The van der Waals surface area contributed by atoms with Crippen molar-refractivity contribution >= 4 is 5.69 Å². The maximum Gasteiger partial charge on any atom is 0.190 e. The van der Waals surface area contributed by atoms with Gasteiger partial charge in [-0.3, -0.25) is 4.98 Å². The average molecular weight is 310 g/mol. The smallest absolute Gasteiger partial charge is 0.190 e. The van der Waals surface area contributed by atoms with Gasteiger partial charge in [0.1, 0.15) is 0 Å². The second kappa shape index (κ2) is 5.04. The lowest BCUT2D eigenvalue weighted by Crippen LogP contribution is -2.17. The van der Waals surface area contributed by atoms with Gasteiger partial charge < -0.3 is 0 Å². The van der Waals surface area contributed by atoms with E-state index in [1.54, 1.807) is 0 Å². The maximum absolute atomic E-state index is 7.43. The van der Waals surface area contributed by atoms with Crippen LogP contribution in [0.2, 0.25) is 0 Å². The molecule has 0 N–H and O–H groups in total. The first-order chi connectivity index (χ1) is 11.6. The fourth-order valence-corrected chi connectivity index (χ4v) is 4.16. The first kappa shape index (κ1) is 14.7. The molecule has 0 saturated carbocycles. The molecule has 0 aliphatic heterocycles. The summed E-state index contributed by atoms with van der Waals surface area (Å²) in [6.45, 7) is 14.0. The fraction of sp³-hybridized carbons (Fsp3) is 0.182. The van der Waals surface area contributed by atoms with Gasteiger partial charge in [-0.25, -0.2) is 4.85 Å². The highest BCUT2D eigenvalue weighted by Gasteiger charge is 2.39. The summed E-state index contributed by atoms with van der Waals surface area (Å²) in [4.78, 5) is 8.26. The van der Waals surface area contributed by atoms with Gasteiger partial charge in [-0.2, -0.15) is 0 Å². The van der Waals surface area contributed by atoms with Crippen LogP contribution in [0.4, 0.5) is 5.69 Å². The van der Waals surface area contributed by atoms with Crippen LogP contribution in [0.1, 0.15) is 30.5 Å². The van der Waals surface area contributed by atoms with Gasteiger partial charge in [-0.05, 0) is 46.9 Å². The van der Waals surface area contributed by atoms with E-state index in [4.69, 9.17) is 6.57 Å². The molecule has 0 saturated heterocycles. The third kappa shape index (κ3) is 1.85. The summed E-state index contributed by atoms with van der Waals surface area (Å²) in [6, 6.07) is 16.5. The predicted octanol–water partition coefficient (Wildman–Crippen LogP) is 5.91. The van der Waals surface area contributed by atoms with E-state index in [0.717, 1.165) is 16.9 Å². The minimum absolute atomic E-state index is 0.149. The van der Waals surface area contributed by atoms with Crippen molar-refractivity contribution in [3.63, 3.8) is 0 Å². The molecule has 1 aliphatic carbocycles. The van der Waals surface area contributed by atoms with Gasteiger partial charge >= 0.3 is 0 Å². The Morgan fingerprint density at radius 2 is 1.62 bits per heavy atom. The van der Waals surface area contributed by atoms with Crippen LogP contribution >= 0.6 is 0 Å². The zero-order valence-electron chi connectivity index (χ0n) is 14.1. The number of rotatable bonds is 1. The highest BCUT2D eigenvalue weighted by Crippen LogP contribution is 2.54. The Morgan fingerprint density at radius 1 is 0.875 bits per heavy atom. The van der Waals surface area contributed by atoms with Crippen molar-refractivity contribution in [1.82, 2.24) is 4.98 Å². The number of hydrogen-bond acceptors (Lipinski definition) is 1. The average Bonchev–Trinajstić information content (AvgIpc) is 2.84. The molecule has 0 atom stereocenters. The molecule has 3 aromatic rings. The molecule has 116 valence electrons. The lowest BCUT2D eigenvalue weighted by molar-refractivity contribution is 0.657. The topological polar surface area (TPSA) is 17.2 Å². The first-order valence-electron chi connectivity index (χ1n) is 8.12. The van der Waals surface area contributed by atoms with Crippen molar-refractivity contribution in [3.8, 4) is 22.4 Å². The van der Waals surface area contributed by atoms with E-state index in [1.165, 1.54) is 27.8 Å². The van der Waals surface area contributed by atoms with Crippen LogP contribution in [0.5, 0.6) is 0 Å². The molecule has 4 rings (SSSR count). The van der Waals surface area contributed by atoms with Gasteiger partial charge in [0.25, 0.3) is 0 Å². The Kier molecular flexibility index (Phi) is 3.08. The molecule has 24 heavy (non-hydrogen) atoms. The van der Waals surface area contributed by atoms with Crippen LogP contribution in [-0.4, -0.2) is 4.98 Å². The monoisotopic (exact) mass is 310 g/mol. The van der Waals surface area contributed by atoms with Crippen molar-refractivity contribution in [2.24, 2.45) is 0 Å². The lowest BCUT2D eigenvalue weighted by Gasteiger charge is -2.26. The summed E-state index contributed by atoms with van der Waals surface area (Å²) in [6.07, 6.45) is 1.84. The van der Waals surface area contributed by atoms with Crippen LogP contribution in [-0.2, 0) is 5.41 Å². The zero-order valence-corrected chi connectivity index (χ0v) is 14.1. The summed E-state index contributed by atoms with van der Waals surface area (Å²) < 4.78 is 0. The standard InChI is InChI=1S/C22H18N2/c1-14-18(23-4)12-11-16-15-8-7-9-17(19-10-5-6-13-24-19)21(15)22(2,3)20(14)16/h5-13H,1-3H3. The Hall–Kier alpha value is -2.92. The fourth-order valence-electron chi connectivity index (χ4n) is 4.16. The van der Waals surface area contributed by atoms with Crippen LogP contribution in [0.3, 0.4) is 0 Å². The van der Waals surface area contributed by atoms with E-state index >= 15 is 0 Å². The van der Waals surface area contributed by atoms with E-state index < -0.39 is 0 Å². The van der Waals surface area contributed by atoms with E-state index in [9.17, 15) is 0 Å². The number of hydrogen-bond donors (Lipinski definition) is 0. The molecule has 1 heterocycles. The van der Waals surface area contributed by atoms with Crippen molar-refractivity contribution in [3.05, 3.63) is 82.8 Å². The summed E-state index contributed by atoms with van der Waals surface area (Å²) in [7, 11) is 0. The number of benzene rings is 2. The van der Waals surface area contributed by atoms with Crippen LogP contribution in [0.25, 0.3) is 27.2 Å². The van der Waals surface area contributed by atoms with Gasteiger partial charge in [0, 0.05) is 17.2 Å². The second-order valence-corrected chi connectivity index (χ2v) is 6.81. The number of aromatic nitrogens is 1. The zero-order chi connectivity index (χ0) is 16.9. The molecule has 0 spiro atoms. The minimum atomic E-state index is -0.149. The molecule has 1 aliphatic rings. The SMILES string of the molecule is [C-]#[N+]c1ccc2c(c1C)C(C)(C)c1c(-c3ccccn3)cccc1-2. The van der Waals surface area contributed by atoms with E-state index in [0.29, 0.717) is 0 Å². The third-order valence-electron chi connectivity index (χ3n) is 5.10. The summed E-state index contributed by atoms with van der Waals surface area (Å²) in [5.41, 5.74) is 8.96. The van der Waals surface area contributed by atoms with Gasteiger partial charge in [-0.1, -0.05) is 50.2 Å². The van der Waals surface area contributed by atoms with Crippen LogP contribution in [0, 0.1) is 13.5 Å². The van der Waals surface area contributed by atoms with Gasteiger partial charge in [0.05, 0.1) is 12.3 Å². The van der Waals surface area contributed by atoms with E-state index in [1.807, 2.05) is 24.4 Å². The summed E-state index contributed by atoms with van der Waals surface area (Å²) in [5, 5.41) is 0. The molecule has 0 amide bonds. The highest BCUT2D eigenvalue weighted by atomic mass is 14.7. The molecule has 2 aromatic carbocycles. The van der Waals surface area contributed by atoms with Crippen molar-refractivity contribution < 1.29 is 0 Å². The molecular formula is C22H18N2. The maximum atomic E-state index is 7.43. The lowest BCUT2D eigenvalue weighted by atomic mass is 9.77. The van der Waals surface area contributed by atoms with Crippen molar-refractivity contribution in [2.75, 3.05) is 0 Å². The van der Waals surface area contributed by atoms with Gasteiger partial charge in [-0.15, -0.1) is 0 Å². The minimum Gasteiger partial charge on any atom is -0.256 e. The Labute approximate surface area is 142 Å². The van der Waals surface area contributed by atoms with Gasteiger partial charge in [0.15, 0.2) is 5.69 Å².